The van der Waals surface area contributed by atoms with E-state index < -0.39 is 0 Å². The van der Waals surface area contributed by atoms with Gasteiger partial charge in [-0.2, -0.15) is 21.0 Å². The smallest absolute Gasteiger partial charge is 1.00 e. The van der Waals surface area contributed by atoms with Crippen LogP contribution in [0.1, 0.15) is 27.7 Å². The Labute approximate surface area is 115 Å². The largest absolute Gasteiger partial charge is 2.00 e. The van der Waals surface area contributed by atoms with Gasteiger partial charge in [0.15, 0.2) is 0 Å². The molecular formula is C8H12Cl2FeN4. The zero-order valence-electron chi connectivity index (χ0n) is 8.90. The van der Waals surface area contributed by atoms with Crippen molar-refractivity contribution in [1.29, 1.82) is 21.0 Å². The van der Waals surface area contributed by atoms with Crippen molar-refractivity contribution in [2.24, 2.45) is 0 Å². The fourth-order valence-electron chi connectivity index (χ4n) is 0. The van der Waals surface area contributed by atoms with Crippen LogP contribution >= 0.6 is 0 Å². The van der Waals surface area contributed by atoms with E-state index in [-0.39, 0.29) is 41.9 Å². The van der Waals surface area contributed by atoms with Crippen LogP contribution in [0.5, 0.6) is 0 Å². The number of nitrogens with zero attached hydrogens (tertiary/aromatic N) is 4. The first-order chi connectivity index (χ1) is 5.66. The standard InChI is InChI=1S/4C2H3N.2ClH.Fe/c4*1-2-3;;;/h4*1H3;2*1H;/q;;;;;;+2/p-2. The fourth-order valence-corrected chi connectivity index (χ4v) is 0. The van der Waals surface area contributed by atoms with Crippen LogP contribution in [-0.2, 0) is 17.1 Å². The monoisotopic (exact) mass is 290 g/mol. The average Bonchev–Trinajstić information content (AvgIpc) is 1.92. The van der Waals surface area contributed by atoms with Gasteiger partial charge in [-0.05, 0) is 0 Å². The number of hydrogen-bond acceptors (Lipinski definition) is 4. The molecule has 15 heavy (non-hydrogen) atoms. The maximum absolute atomic E-state index is 7.32. The summed E-state index contributed by atoms with van der Waals surface area (Å²) in [7, 11) is 0. The van der Waals surface area contributed by atoms with Crippen LogP contribution in [0.25, 0.3) is 0 Å². The Morgan fingerprint density at radius 1 is 0.533 bits per heavy atom. The third-order valence-electron chi connectivity index (χ3n) is 0. The predicted octanol–water partition coefficient (Wildman–Crippen LogP) is -3.87. The molecule has 0 aromatic heterocycles. The molecule has 0 amide bonds. The van der Waals surface area contributed by atoms with E-state index in [1.807, 2.05) is 0 Å². The van der Waals surface area contributed by atoms with E-state index in [4.69, 9.17) is 21.0 Å². The number of nitriles is 4. The van der Waals surface area contributed by atoms with E-state index >= 15 is 0 Å². The van der Waals surface area contributed by atoms with Crippen molar-refractivity contribution in [3.63, 3.8) is 0 Å². The third-order valence-corrected chi connectivity index (χ3v) is 0. The molecule has 0 fully saturated rings. The molecule has 0 aromatic carbocycles. The maximum atomic E-state index is 7.32. The minimum absolute atomic E-state index is 0. The molecule has 0 rings (SSSR count). The van der Waals surface area contributed by atoms with Gasteiger partial charge in [-0.1, -0.05) is 0 Å². The summed E-state index contributed by atoms with van der Waals surface area (Å²) in [6.45, 7) is 5.72. The topological polar surface area (TPSA) is 95.2 Å². The molecule has 0 aliphatic rings. The molecule has 4 nitrogen and oxygen atoms in total. The van der Waals surface area contributed by atoms with E-state index in [1.165, 1.54) is 27.7 Å². The third kappa shape index (κ3) is 1810. The zero-order chi connectivity index (χ0) is 10.8. The second kappa shape index (κ2) is 203. The van der Waals surface area contributed by atoms with Gasteiger partial charge < -0.3 is 24.8 Å². The Bertz CT molecular complexity index is 159. The van der Waals surface area contributed by atoms with Gasteiger partial charge in [-0.3, -0.25) is 0 Å². The average molecular weight is 291 g/mol. The Hall–Kier alpha value is -0.941. The predicted molar refractivity (Wildman–Crippen MR) is 45.1 cm³/mol. The van der Waals surface area contributed by atoms with E-state index in [2.05, 4.69) is 0 Å². The summed E-state index contributed by atoms with van der Waals surface area (Å²) in [6.07, 6.45) is 0. The maximum Gasteiger partial charge on any atom is 2.00 e. The summed E-state index contributed by atoms with van der Waals surface area (Å²) in [5.41, 5.74) is 0. The van der Waals surface area contributed by atoms with Crippen LogP contribution in [0.3, 0.4) is 0 Å². The first-order valence-electron chi connectivity index (χ1n) is 2.89. The molecule has 0 bridgehead atoms. The molecule has 0 aromatic rings. The summed E-state index contributed by atoms with van der Waals surface area (Å²) in [4.78, 5) is 0. The van der Waals surface area contributed by atoms with Crippen molar-refractivity contribution in [2.75, 3.05) is 0 Å². The fraction of sp³-hybridized carbons (Fsp3) is 0.500. The van der Waals surface area contributed by atoms with Gasteiger partial charge in [0.2, 0.25) is 0 Å². The van der Waals surface area contributed by atoms with Gasteiger partial charge in [0.25, 0.3) is 0 Å². The number of rotatable bonds is 0. The van der Waals surface area contributed by atoms with Gasteiger partial charge in [0.1, 0.15) is 0 Å². The van der Waals surface area contributed by atoms with Crippen LogP contribution in [0.2, 0.25) is 0 Å². The van der Waals surface area contributed by atoms with E-state index in [0.717, 1.165) is 0 Å². The van der Waals surface area contributed by atoms with Gasteiger partial charge >= 0.3 is 17.1 Å². The number of hydrogen-bond donors (Lipinski definition) is 0. The molecule has 0 aliphatic carbocycles. The van der Waals surface area contributed by atoms with E-state index in [0.29, 0.717) is 0 Å². The minimum atomic E-state index is 0. The SMILES string of the molecule is CC#N.CC#N.CC#N.CC#N.[Cl-].[Cl-].[Fe+2]. The van der Waals surface area contributed by atoms with E-state index in [1.54, 1.807) is 24.3 Å². The van der Waals surface area contributed by atoms with Crippen molar-refractivity contribution in [1.82, 2.24) is 0 Å². The van der Waals surface area contributed by atoms with Crippen LogP contribution in [-0.4, -0.2) is 0 Å². The Kier molecular flexibility index (Phi) is 651. The van der Waals surface area contributed by atoms with Crippen molar-refractivity contribution in [3.8, 4) is 24.3 Å². The zero-order valence-corrected chi connectivity index (χ0v) is 11.5. The molecule has 86 valence electrons. The Balaban J connectivity index is -0.0000000107. The van der Waals surface area contributed by atoms with Crippen molar-refractivity contribution in [2.45, 2.75) is 27.7 Å². The normalized spacial score (nSPS) is 2.13. The summed E-state index contributed by atoms with van der Waals surface area (Å²) in [6, 6.07) is 7.00. The first-order valence-corrected chi connectivity index (χ1v) is 2.89. The van der Waals surface area contributed by atoms with Gasteiger partial charge in [0, 0.05) is 27.7 Å². The summed E-state index contributed by atoms with van der Waals surface area (Å²) in [5, 5.41) is 29.3. The van der Waals surface area contributed by atoms with E-state index in [9.17, 15) is 0 Å². The molecular weight excluding hydrogens is 279 g/mol. The Morgan fingerprint density at radius 2 is 0.533 bits per heavy atom. The quantitative estimate of drug-likeness (QED) is 0.427. The molecule has 0 spiro atoms. The summed E-state index contributed by atoms with van der Waals surface area (Å²) in [5.74, 6) is 0. The van der Waals surface area contributed by atoms with Gasteiger partial charge in [-0.15, -0.1) is 0 Å². The van der Waals surface area contributed by atoms with Crippen LogP contribution in [0.15, 0.2) is 0 Å². The minimum Gasteiger partial charge on any atom is -1.00 e. The molecule has 0 unspecified atom stereocenters. The number of halogens is 2. The van der Waals surface area contributed by atoms with Crippen molar-refractivity contribution in [3.05, 3.63) is 0 Å². The van der Waals surface area contributed by atoms with Crippen LogP contribution in [0, 0.1) is 45.3 Å². The van der Waals surface area contributed by atoms with Crippen molar-refractivity contribution < 1.29 is 41.9 Å². The molecule has 0 aliphatic heterocycles. The van der Waals surface area contributed by atoms with Crippen LogP contribution in [0.4, 0.5) is 0 Å². The van der Waals surface area contributed by atoms with Crippen molar-refractivity contribution >= 4 is 0 Å². The summed E-state index contributed by atoms with van der Waals surface area (Å²) >= 11 is 0. The molecule has 0 N–H and O–H groups in total. The molecule has 0 saturated heterocycles. The second-order valence-electron chi connectivity index (χ2n) is 0.894. The molecule has 0 atom stereocenters. The molecule has 0 radical (unpaired) electrons. The van der Waals surface area contributed by atoms with Gasteiger partial charge in [-0.25, -0.2) is 0 Å². The second-order valence-corrected chi connectivity index (χ2v) is 0.894. The summed E-state index contributed by atoms with van der Waals surface area (Å²) < 4.78 is 0. The molecule has 7 heteroatoms. The first kappa shape index (κ1) is 48.1. The van der Waals surface area contributed by atoms with Crippen LogP contribution < -0.4 is 24.8 Å². The Morgan fingerprint density at radius 3 is 0.533 bits per heavy atom. The molecule has 0 saturated carbocycles. The molecule has 0 heterocycles. The van der Waals surface area contributed by atoms with Gasteiger partial charge in [0.05, 0.1) is 24.3 Å².